The fraction of sp³-hybridized carbons (Fsp3) is 0.400. The highest BCUT2D eigenvalue weighted by Gasteiger charge is 2.19. The first-order valence-electron chi connectivity index (χ1n) is 11.2. The standard InChI is InChI=1S/C25H30N4O2/c1-3-22-23(18-27-29(25(22)30)24-9-4-5-14-26-24)20-10-12-21(13-11-20)31-17-7-16-28-15-6-8-19(28)2/h4-5,9-14,18-19H,3,6-8,15-17H2,1-2H3/t19-/m1/s1. The lowest BCUT2D eigenvalue weighted by molar-refractivity contribution is 0.230. The second-order valence-corrected chi connectivity index (χ2v) is 8.05. The first kappa shape index (κ1) is 21.2. The number of hydrogen-bond acceptors (Lipinski definition) is 5. The molecule has 1 aliphatic heterocycles. The zero-order valence-corrected chi connectivity index (χ0v) is 18.3. The van der Waals surface area contributed by atoms with Crippen molar-refractivity contribution >= 4 is 0 Å². The van der Waals surface area contributed by atoms with E-state index >= 15 is 0 Å². The molecule has 31 heavy (non-hydrogen) atoms. The van der Waals surface area contributed by atoms with Crippen LogP contribution in [0, 0.1) is 0 Å². The summed E-state index contributed by atoms with van der Waals surface area (Å²) in [4.78, 5) is 19.8. The van der Waals surface area contributed by atoms with Gasteiger partial charge in [0.05, 0.1) is 12.8 Å². The molecule has 0 saturated carbocycles. The average Bonchev–Trinajstić information content (AvgIpc) is 3.22. The van der Waals surface area contributed by atoms with Gasteiger partial charge in [-0.25, -0.2) is 4.98 Å². The Hall–Kier alpha value is -2.99. The van der Waals surface area contributed by atoms with Crippen molar-refractivity contribution < 1.29 is 4.74 Å². The molecular formula is C25H30N4O2. The Bertz CT molecular complexity index is 1050. The Morgan fingerprint density at radius 3 is 2.68 bits per heavy atom. The fourth-order valence-corrected chi connectivity index (χ4v) is 4.23. The van der Waals surface area contributed by atoms with Gasteiger partial charge in [0.25, 0.3) is 5.56 Å². The summed E-state index contributed by atoms with van der Waals surface area (Å²) in [5, 5.41) is 4.37. The summed E-state index contributed by atoms with van der Waals surface area (Å²) < 4.78 is 7.29. The van der Waals surface area contributed by atoms with E-state index in [2.05, 4.69) is 21.9 Å². The van der Waals surface area contributed by atoms with E-state index in [4.69, 9.17) is 4.74 Å². The zero-order valence-electron chi connectivity index (χ0n) is 18.3. The molecule has 2 aromatic heterocycles. The molecule has 0 bridgehead atoms. The van der Waals surface area contributed by atoms with E-state index in [1.165, 1.54) is 24.1 Å². The Morgan fingerprint density at radius 2 is 2.00 bits per heavy atom. The number of benzene rings is 1. The van der Waals surface area contributed by atoms with E-state index < -0.39 is 0 Å². The van der Waals surface area contributed by atoms with Crippen molar-refractivity contribution in [1.29, 1.82) is 0 Å². The van der Waals surface area contributed by atoms with E-state index in [1.807, 2.05) is 43.3 Å². The molecule has 162 valence electrons. The molecule has 6 heteroatoms. The molecule has 0 spiro atoms. The maximum Gasteiger partial charge on any atom is 0.276 e. The minimum atomic E-state index is -0.129. The number of pyridine rings is 1. The van der Waals surface area contributed by atoms with Gasteiger partial charge in [-0.1, -0.05) is 25.1 Å². The normalized spacial score (nSPS) is 16.5. The van der Waals surface area contributed by atoms with Gasteiger partial charge < -0.3 is 9.64 Å². The van der Waals surface area contributed by atoms with Gasteiger partial charge in [-0.15, -0.1) is 0 Å². The van der Waals surface area contributed by atoms with Gasteiger partial charge in [0, 0.05) is 29.9 Å². The van der Waals surface area contributed by atoms with E-state index in [9.17, 15) is 4.79 Å². The number of hydrogen-bond donors (Lipinski definition) is 0. The third kappa shape index (κ3) is 4.85. The van der Waals surface area contributed by atoms with E-state index in [0.717, 1.165) is 35.4 Å². The Labute approximate surface area is 183 Å². The van der Waals surface area contributed by atoms with Crippen molar-refractivity contribution in [3.05, 3.63) is 70.8 Å². The highest BCUT2D eigenvalue weighted by molar-refractivity contribution is 5.66. The maximum absolute atomic E-state index is 13.0. The van der Waals surface area contributed by atoms with Crippen LogP contribution >= 0.6 is 0 Å². The van der Waals surface area contributed by atoms with Crippen LogP contribution in [0.3, 0.4) is 0 Å². The Balaban J connectivity index is 1.43. The Kier molecular flexibility index (Phi) is 6.77. The molecule has 1 aromatic carbocycles. The average molecular weight is 419 g/mol. The molecule has 3 heterocycles. The highest BCUT2D eigenvalue weighted by atomic mass is 16.5. The molecule has 1 fully saturated rings. The van der Waals surface area contributed by atoms with Crippen molar-refractivity contribution in [1.82, 2.24) is 19.7 Å². The molecule has 0 radical (unpaired) electrons. The van der Waals surface area contributed by atoms with Crippen LogP contribution in [0.5, 0.6) is 5.75 Å². The molecule has 0 unspecified atom stereocenters. The van der Waals surface area contributed by atoms with Crippen LogP contribution in [0.25, 0.3) is 16.9 Å². The zero-order chi connectivity index (χ0) is 21.6. The van der Waals surface area contributed by atoms with Crippen molar-refractivity contribution in [2.75, 3.05) is 19.7 Å². The molecule has 4 rings (SSSR count). The third-order valence-corrected chi connectivity index (χ3v) is 6.01. The number of rotatable bonds is 8. The van der Waals surface area contributed by atoms with Crippen LogP contribution in [-0.4, -0.2) is 45.4 Å². The van der Waals surface area contributed by atoms with Gasteiger partial charge in [-0.3, -0.25) is 4.79 Å². The number of nitrogens with zero attached hydrogens (tertiary/aromatic N) is 4. The lowest BCUT2D eigenvalue weighted by Crippen LogP contribution is -2.28. The summed E-state index contributed by atoms with van der Waals surface area (Å²) in [6.07, 6.45) is 7.68. The summed E-state index contributed by atoms with van der Waals surface area (Å²) in [6.45, 7) is 7.31. The summed E-state index contributed by atoms with van der Waals surface area (Å²) >= 11 is 0. The predicted octanol–water partition coefficient (Wildman–Crippen LogP) is 4.11. The van der Waals surface area contributed by atoms with Gasteiger partial charge in [-0.05, 0) is 69.0 Å². The largest absolute Gasteiger partial charge is 0.494 e. The van der Waals surface area contributed by atoms with Crippen LogP contribution in [0.1, 0.15) is 38.7 Å². The Morgan fingerprint density at radius 1 is 1.16 bits per heavy atom. The second-order valence-electron chi connectivity index (χ2n) is 8.05. The van der Waals surface area contributed by atoms with Gasteiger partial charge in [-0.2, -0.15) is 9.78 Å². The minimum absolute atomic E-state index is 0.129. The van der Waals surface area contributed by atoms with Crippen LogP contribution in [0.2, 0.25) is 0 Å². The number of likely N-dealkylation sites (tertiary alicyclic amines) is 1. The fourth-order valence-electron chi connectivity index (χ4n) is 4.23. The van der Waals surface area contributed by atoms with Gasteiger partial charge in [0.2, 0.25) is 0 Å². The highest BCUT2D eigenvalue weighted by Crippen LogP contribution is 2.24. The molecule has 0 amide bonds. The first-order chi connectivity index (χ1) is 15.2. The minimum Gasteiger partial charge on any atom is -0.494 e. The molecule has 0 aliphatic carbocycles. The van der Waals surface area contributed by atoms with Crippen molar-refractivity contribution in [2.24, 2.45) is 0 Å². The van der Waals surface area contributed by atoms with Crippen molar-refractivity contribution in [2.45, 2.75) is 45.6 Å². The molecular weight excluding hydrogens is 388 g/mol. The smallest absolute Gasteiger partial charge is 0.276 e. The first-order valence-corrected chi connectivity index (χ1v) is 11.2. The molecule has 1 atom stereocenters. The van der Waals surface area contributed by atoms with Gasteiger partial charge >= 0.3 is 0 Å². The summed E-state index contributed by atoms with van der Waals surface area (Å²) in [5.41, 5.74) is 2.42. The van der Waals surface area contributed by atoms with Gasteiger partial charge in [0.15, 0.2) is 5.82 Å². The SMILES string of the molecule is CCc1c(-c2ccc(OCCCN3CCC[C@H]3C)cc2)cnn(-c2ccccn2)c1=O. The molecule has 1 saturated heterocycles. The van der Waals surface area contributed by atoms with Crippen LogP contribution in [0.4, 0.5) is 0 Å². The quantitative estimate of drug-likeness (QED) is 0.515. The van der Waals surface area contributed by atoms with Crippen LogP contribution in [0.15, 0.2) is 59.7 Å². The molecule has 3 aromatic rings. The van der Waals surface area contributed by atoms with Crippen molar-refractivity contribution in [3.63, 3.8) is 0 Å². The molecule has 1 aliphatic rings. The molecule has 0 N–H and O–H groups in total. The van der Waals surface area contributed by atoms with Crippen LogP contribution in [-0.2, 0) is 6.42 Å². The summed E-state index contributed by atoms with van der Waals surface area (Å²) in [6, 6.07) is 14.1. The van der Waals surface area contributed by atoms with Gasteiger partial charge in [0.1, 0.15) is 5.75 Å². The summed E-state index contributed by atoms with van der Waals surface area (Å²) in [7, 11) is 0. The third-order valence-electron chi connectivity index (χ3n) is 6.01. The predicted molar refractivity (Wildman–Crippen MR) is 123 cm³/mol. The topological polar surface area (TPSA) is 60.2 Å². The van der Waals surface area contributed by atoms with E-state index in [1.54, 1.807) is 18.5 Å². The van der Waals surface area contributed by atoms with E-state index in [-0.39, 0.29) is 5.56 Å². The lowest BCUT2D eigenvalue weighted by Gasteiger charge is -2.20. The monoisotopic (exact) mass is 418 g/mol. The lowest BCUT2D eigenvalue weighted by atomic mass is 10.0. The summed E-state index contributed by atoms with van der Waals surface area (Å²) in [5.74, 6) is 1.38. The second kappa shape index (κ2) is 9.88. The maximum atomic E-state index is 13.0. The number of aromatic nitrogens is 3. The molecule has 6 nitrogen and oxygen atoms in total. The van der Waals surface area contributed by atoms with Crippen LogP contribution < -0.4 is 10.3 Å². The number of ether oxygens (including phenoxy) is 1. The van der Waals surface area contributed by atoms with Crippen molar-refractivity contribution in [3.8, 4) is 22.7 Å². The van der Waals surface area contributed by atoms with E-state index in [0.29, 0.717) is 24.9 Å².